The molecule has 202 valence electrons. The summed E-state index contributed by atoms with van der Waals surface area (Å²) < 4.78 is 17.1. The molecule has 0 atom stereocenters. The summed E-state index contributed by atoms with van der Waals surface area (Å²) in [6.45, 7) is 12.2. The van der Waals surface area contributed by atoms with Crippen molar-refractivity contribution in [2.24, 2.45) is 7.05 Å². The maximum Gasteiger partial charge on any atom is 0.332 e. The van der Waals surface area contributed by atoms with Crippen molar-refractivity contribution in [3.05, 3.63) is 55.7 Å². The van der Waals surface area contributed by atoms with E-state index >= 15 is 0 Å². The van der Waals surface area contributed by atoms with Gasteiger partial charge < -0.3 is 9.16 Å². The number of fused-ring (bicyclic) bond motifs is 1. The molecule has 1 aliphatic carbocycles. The maximum absolute atomic E-state index is 13.7. The predicted octanol–water partition coefficient (Wildman–Crippen LogP) is 5.33. The minimum absolute atomic E-state index is 0.0625. The third kappa shape index (κ3) is 5.88. The third-order valence-corrected chi connectivity index (χ3v) is 12.6. The van der Waals surface area contributed by atoms with Crippen LogP contribution in [0, 0.1) is 0 Å². The second-order valence-corrected chi connectivity index (χ2v) is 16.8. The number of aromatic nitrogens is 4. The van der Waals surface area contributed by atoms with Gasteiger partial charge in [0, 0.05) is 25.2 Å². The molecule has 37 heavy (non-hydrogen) atoms. The van der Waals surface area contributed by atoms with Crippen LogP contribution in [0.5, 0.6) is 6.01 Å². The van der Waals surface area contributed by atoms with Crippen LogP contribution in [-0.2, 0) is 24.6 Å². The zero-order chi connectivity index (χ0) is 27.0. The van der Waals surface area contributed by atoms with Crippen molar-refractivity contribution in [2.45, 2.75) is 90.2 Å². The van der Waals surface area contributed by atoms with E-state index in [2.05, 4.69) is 38.8 Å². The number of ether oxygens (including phenoxy) is 1. The Morgan fingerprint density at radius 3 is 2.35 bits per heavy atom. The van der Waals surface area contributed by atoms with Crippen molar-refractivity contribution in [2.75, 3.05) is 6.61 Å². The molecular weight excluding hydrogens is 508 g/mol. The number of hydrogen-bond acceptors (Lipinski definition) is 5. The Morgan fingerprint density at radius 1 is 1.08 bits per heavy atom. The highest BCUT2D eigenvalue weighted by Gasteiger charge is 2.36. The number of rotatable bonds is 9. The number of aryl methyl sites for hydroxylation is 1. The van der Waals surface area contributed by atoms with Gasteiger partial charge in [-0.05, 0) is 67.9 Å². The van der Waals surface area contributed by atoms with E-state index in [9.17, 15) is 9.59 Å². The lowest BCUT2D eigenvalue weighted by Gasteiger charge is -2.36. The Balaban J connectivity index is 1.70. The van der Waals surface area contributed by atoms with Crippen LogP contribution in [0.3, 0.4) is 0 Å². The fourth-order valence-corrected chi connectivity index (χ4v) is 5.69. The first-order valence-corrected chi connectivity index (χ1v) is 16.4. The standard InChI is InChI=1S/C27H39ClN4O4Si/c1-27(2,3)37(5,6)35-17-9-16-31-24(33)22-23(30(4)26(31)34)29-25(36-21-10-7-8-11-21)32(22)18-19-12-14-20(28)15-13-19/h12-15,21H,7-11,16-18H2,1-6H3. The Bertz CT molecular complexity index is 1360. The van der Waals surface area contributed by atoms with Gasteiger partial charge in [-0.2, -0.15) is 4.98 Å². The van der Waals surface area contributed by atoms with Gasteiger partial charge in [0.1, 0.15) is 6.10 Å². The van der Waals surface area contributed by atoms with E-state index in [0.717, 1.165) is 31.2 Å². The molecule has 0 saturated heterocycles. The first kappa shape index (κ1) is 27.7. The maximum atomic E-state index is 13.7. The van der Waals surface area contributed by atoms with E-state index in [1.54, 1.807) is 11.6 Å². The first-order chi connectivity index (χ1) is 17.4. The Kier molecular flexibility index (Phi) is 8.06. The van der Waals surface area contributed by atoms with Gasteiger partial charge in [0.05, 0.1) is 6.54 Å². The molecule has 2 aromatic heterocycles. The molecule has 1 aromatic carbocycles. The smallest absolute Gasteiger partial charge is 0.332 e. The van der Waals surface area contributed by atoms with Gasteiger partial charge in [0.2, 0.25) is 0 Å². The summed E-state index contributed by atoms with van der Waals surface area (Å²) in [4.78, 5) is 31.6. The number of hydrogen-bond donors (Lipinski definition) is 0. The quantitative estimate of drug-likeness (QED) is 0.267. The Labute approximate surface area is 224 Å². The molecule has 10 heteroatoms. The lowest BCUT2D eigenvalue weighted by molar-refractivity contribution is 0.186. The van der Waals surface area contributed by atoms with E-state index in [0.29, 0.717) is 41.8 Å². The van der Waals surface area contributed by atoms with E-state index in [1.807, 2.05) is 24.3 Å². The summed E-state index contributed by atoms with van der Waals surface area (Å²) in [7, 11) is -0.248. The summed E-state index contributed by atoms with van der Waals surface area (Å²) in [5, 5.41) is 0.745. The molecular formula is C27H39ClN4O4Si. The summed E-state index contributed by atoms with van der Waals surface area (Å²) in [6, 6.07) is 7.87. The molecule has 3 aromatic rings. The van der Waals surface area contributed by atoms with Crippen LogP contribution >= 0.6 is 11.6 Å². The lowest BCUT2D eigenvalue weighted by atomic mass is 10.2. The van der Waals surface area contributed by atoms with Gasteiger partial charge in [-0.25, -0.2) is 4.79 Å². The van der Waals surface area contributed by atoms with Gasteiger partial charge >= 0.3 is 5.69 Å². The van der Waals surface area contributed by atoms with Crippen molar-refractivity contribution in [1.82, 2.24) is 18.7 Å². The zero-order valence-electron chi connectivity index (χ0n) is 22.8. The molecule has 0 bridgehead atoms. The summed E-state index contributed by atoms with van der Waals surface area (Å²) in [6.07, 6.45) is 4.79. The molecule has 1 aliphatic rings. The largest absolute Gasteiger partial charge is 0.461 e. The van der Waals surface area contributed by atoms with Crippen LogP contribution in [-0.4, -0.2) is 39.7 Å². The van der Waals surface area contributed by atoms with Gasteiger partial charge in [-0.15, -0.1) is 0 Å². The fourth-order valence-electron chi connectivity index (χ4n) is 4.48. The van der Waals surface area contributed by atoms with Crippen molar-refractivity contribution < 1.29 is 9.16 Å². The van der Waals surface area contributed by atoms with E-state index < -0.39 is 8.32 Å². The second kappa shape index (κ2) is 10.8. The van der Waals surface area contributed by atoms with Crippen LogP contribution in [0.1, 0.15) is 58.4 Å². The lowest BCUT2D eigenvalue weighted by Crippen LogP contribution is -2.42. The number of nitrogens with zero attached hydrogens (tertiary/aromatic N) is 4. The SMILES string of the molecule is Cn1c(=O)n(CCCO[Si](C)(C)C(C)(C)C)c(=O)c2c1nc(OC1CCCC1)n2Cc1ccc(Cl)cc1. The van der Waals surface area contributed by atoms with Crippen molar-refractivity contribution in [1.29, 1.82) is 0 Å². The first-order valence-electron chi connectivity index (χ1n) is 13.1. The van der Waals surface area contributed by atoms with Crippen molar-refractivity contribution in [3.8, 4) is 6.01 Å². The van der Waals surface area contributed by atoms with Gasteiger partial charge in [-0.3, -0.25) is 18.5 Å². The molecule has 0 spiro atoms. The average Bonchev–Trinajstić information content (AvgIpc) is 3.46. The number of halogens is 1. The van der Waals surface area contributed by atoms with Gasteiger partial charge in [-0.1, -0.05) is 44.5 Å². The highest BCUT2D eigenvalue weighted by atomic mass is 35.5. The molecule has 1 saturated carbocycles. The third-order valence-electron chi connectivity index (χ3n) is 7.82. The minimum atomic E-state index is -1.91. The van der Waals surface area contributed by atoms with Gasteiger partial charge in [0.25, 0.3) is 11.6 Å². The monoisotopic (exact) mass is 546 g/mol. The second-order valence-electron chi connectivity index (χ2n) is 11.6. The molecule has 0 N–H and O–H groups in total. The molecule has 1 fully saturated rings. The molecule has 0 aliphatic heterocycles. The van der Waals surface area contributed by atoms with Crippen LogP contribution in [0.4, 0.5) is 0 Å². The Morgan fingerprint density at radius 2 is 1.73 bits per heavy atom. The molecule has 4 rings (SSSR count). The van der Waals surface area contributed by atoms with Crippen LogP contribution in [0.15, 0.2) is 33.9 Å². The van der Waals surface area contributed by atoms with E-state index in [1.165, 1.54) is 9.13 Å². The normalized spacial score (nSPS) is 15.1. The molecule has 8 nitrogen and oxygen atoms in total. The summed E-state index contributed by atoms with van der Waals surface area (Å²) in [5.74, 6) is 0. The average molecular weight is 547 g/mol. The van der Waals surface area contributed by atoms with Crippen molar-refractivity contribution >= 4 is 31.1 Å². The molecule has 2 heterocycles. The topological polar surface area (TPSA) is 80.3 Å². The fraction of sp³-hybridized carbons (Fsp3) is 0.593. The van der Waals surface area contributed by atoms with Crippen LogP contribution < -0.4 is 16.0 Å². The highest BCUT2D eigenvalue weighted by molar-refractivity contribution is 6.74. The Hall–Kier alpha value is -2.36. The predicted molar refractivity (Wildman–Crippen MR) is 150 cm³/mol. The zero-order valence-corrected chi connectivity index (χ0v) is 24.6. The molecule has 0 radical (unpaired) electrons. The highest BCUT2D eigenvalue weighted by Crippen LogP contribution is 2.36. The summed E-state index contributed by atoms with van der Waals surface area (Å²) >= 11 is 6.09. The van der Waals surface area contributed by atoms with Gasteiger partial charge in [0.15, 0.2) is 19.5 Å². The number of benzene rings is 1. The molecule has 0 unspecified atom stereocenters. The summed E-state index contributed by atoms with van der Waals surface area (Å²) in [5.41, 5.74) is 0.935. The van der Waals surface area contributed by atoms with E-state index in [-0.39, 0.29) is 28.9 Å². The molecule has 0 amide bonds. The minimum Gasteiger partial charge on any atom is -0.461 e. The van der Waals surface area contributed by atoms with E-state index in [4.69, 9.17) is 20.8 Å². The van der Waals surface area contributed by atoms with Crippen molar-refractivity contribution in [3.63, 3.8) is 0 Å². The van der Waals surface area contributed by atoms with Crippen LogP contribution in [0.2, 0.25) is 23.2 Å². The number of imidazole rings is 1. The van der Waals surface area contributed by atoms with Crippen LogP contribution in [0.25, 0.3) is 11.2 Å².